The monoisotopic (exact) mass is 586 g/mol. The molecule has 3 heterocycles. The molecular weight excluding hydrogens is 548 g/mol. The van der Waals surface area contributed by atoms with Crippen LogP contribution in [0.3, 0.4) is 0 Å². The third-order valence-corrected chi connectivity index (χ3v) is 6.90. The van der Waals surface area contributed by atoms with Gasteiger partial charge in [-0.2, -0.15) is 0 Å². The van der Waals surface area contributed by atoms with E-state index in [1.165, 1.54) is 0 Å². The minimum Gasteiger partial charge on any atom is -0.394 e. The van der Waals surface area contributed by atoms with Crippen molar-refractivity contribution in [3.63, 3.8) is 0 Å². The highest BCUT2D eigenvalue weighted by atomic mass is 16.7. The minimum atomic E-state index is -1.89. The largest absolute Gasteiger partial charge is 0.394 e. The van der Waals surface area contributed by atoms with Gasteiger partial charge in [0.25, 0.3) is 0 Å². The first-order valence-electron chi connectivity index (χ1n) is 12.6. The van der Waals surface area contributed by atoms with Gasteiger partial charge in [0.1, 0.15) is 73.1 Å². The Labute approximate surface area is 228 Å². The molecule has 3 fully saturated rings. The summed E-state index contributed by atoms with van der Waals surface area (Å²) in [6, 6.07) is -2.92. The number of rotatable bonds is 9. The topological polar surface area (TPSA) is 286 Å². The lowest BCUT2D eigenvalue weighted by Crippen LogP contribution is -2.70. The summed E-state index contributed by atoms with van der Waals surface area (Å²) in [5.74, 6) is -1.35. The Morgan fingerprint density at radius 3 is 1.55 bits per heavy atom. The first-order valence-corrected chi connectivity index (χ1v) is 12.6. The van der Waals surface area contributed by atoms with Crippen molar-refractivity contribution in [2.24, 2.45) is 0 Å². The molecule has 0 aromatic heterocycles. The summed E-state index contributed by atoms with van der Waals surface area (Å²) < 4.78 is 27.7. The molecule has 3 aliphatic heterocycles. The predicted octanol–water partition coefficient (Wildman–Crippen LogP) is -7.29. The fraction of sp³-hybridized carbons (Fsp3) is 0.909. The van der Waals surface area contributed by atoms with Crippen LogP contribution in [0.1, 0.15) is 13.8 Å². The van der Waals surface area contributed by atoms with Gasteiger partial charge in [-0.3, -0.25) is 9.59 Å². The molecule has 18 heteroatoms. The van der Waals surface area contributed by atoms with Gasteiger partial charge in [0.15, 0.2) is 18.9 Å². The summed E-state index contributed by atoms with van der Waals surface area (Å²) in [6.45, 7) is -0.146. The number of aliphatic hydroxyl groups excluding tert-OH is 9. The zero-order valence-electron chi connectivity index (χ0n) is 21.7. The number of hydrogen-bond acceptors (Lipinski definition) is 16. The maximum Gasteiger partial charge on any atom is 0.217 e. The zero-order chi connectivity index (χ0) is 29.9. The molecule has 2 amide bonds. The van der Waals surface area contributed by atoms with Gasteiger partial charge < -0.3 is 80.3 Å². The van der Waals surface area contributed by atoms with Gasteiger partial charge in [0.2, 0.25) is 11.8 Å². The van der Waals surface area contributed by atoms with E-state index in [0.29, 0.717) is 0 Å². The molecule has 0 aliphatic carbocycles. The molecule has 0 saturated carbocycles. The lowest BCUT2D eigenvalue weighted by atomic mass is 9.94. The molecule has 0 spiro atoms. The Balaban J connectivity index is 1.95. The average Bonchev–Trinajstić information content (AvgIpc) is 2.90. The molecule has 0 unspecified atom stereocenters. The van der Waals surface area contributed by atoms with E-state index < -0.39 is 124 Å². The number of nitrogens with one attached hydrogen (secondary N) is 2. The second kappa shape index (κ2) is 14.0. The maximum atomic E-state index is 12.1. The molecular formula is C22H38N2O16. The normalized spacial score (nSPS) is 46.0. The van der Waals surface area contributed by atoms with Crippen molar-refractivity contribution in [1.82, 2.24) is 10.6 Å². The highest BCUT2D eigenvalue weighted by molar-refractivity contribution is 5.73. The van der Waals surface area contributed by atoms with Crippen LogP contribution in [0, 0.1) is 0 Å². The predicted molar refractivity (Wildman–Crippen MR) is 124 cm³/mol. The van der Waals surface area contributed by atoms with E-state index in [1.54, 1.807) is 0 Å². The SMILES string of the molecule is CC(=O)N[C@H]1[C@@H](O[C@H]2[C@@H](O)[C@@H](CO)O[C@@H](O[C@@H]3[C@@H](O)[C@@H](O)O[C@H](CO)[C@@H]3O)[C@@H]2NC(C)=O)O[C@H](CO)[C@H](O)[C@@H]1O. The molecule has 0 radical (unpaired) electrons. The number of ether oxygens (including phenoxy) is 5. The third kappa shape index (κ3) is 7.05. The van der Waals surface area contributed by atoms with Crippen molar-refractivity contribution < 1.29 is 79.2 Å². The van der Waals surface area contributed by atoms with Crippen LogP contribution in [0.2, 0.25) is 0 Å². The standard InChI is InChI=1S/C22H38N2O16/c1-6(28)23-11-16(33)13(30)8(3-25)37-21(11)39-18-12(24-7(2)29)22(38-10(5-27)14(18)31)40-19-15(32)9(4-26)36-20(35)17(19)34/h8-22,25-27,30-35H,3-5H2,1-2H3,(H,23,28)(H,24,29)/t8-,9-,10-,11-,12-,13+,14+,15+,16-,17-,18-,19+,20+,21-,22+/m1/s1. The molecule has 232 valence electrons. The highest BCUT2D eigenvalue weighted by Gasteiger charge is 2.54. The van der Waals surface area contributed by atoms with Crippen molar-refractivity contribution in [2.75, 3.05) is 19.8 Å². The van der Waals surface area contributed by atoms with Crippen LogP contribution in [-0.4, -0.2) is 170 Å². The number of carbonyl (C=O) groups excluding carboxylic acids is 2. The number of amides is 2. The van der Waals surface area contributed by atoms with E-state index in [4.69, 9.17) is 23.7 Å². The second-order valence-electron chi connectivity index (χ2n) is 9.81. The fourth-order valence-corrected chi connectivity index (χ4v) is 4.86. The Kier molecular flexibility index (Phi) is 11.5. The van der Waals surface area contributed by atoms with E-state index in [2.05, 4.69) is 10.6 Å². The molecule has 15 atom stereocenters. The van der Waals surface area contributed by atoms with Gasteiger partial charge in [-0.15, -0.1) is 0 Å². The summed E-state index contributed by atoms with van der Waals surface area (Å²) >= 11 is 0. The van der Waals surface area contributed by atoms with Crippen LogP contribution in [0.25, 0.3) is 0 Å². The van der Waals surface area contributed by atoms with Gasteiger partial charge in [-0.05, 0) is 0 Å². The Morgan fingerprint density at radius 2 is 1.02 bits per heavy atom. The van der Waals surface area contributed by atoms with E-state index in [0.717, 1.165) is 13.8 Å². The highest BCUT2D eigenvalue weighted by Crippen LogP contribution is 2.32. The Bertz CT molecular complexity index is 854. The summed E-state index contributed by atoms with van der Waals surface area (Å²) in [7, 11) is 0. The van der Waals surface area contributed by atoms with Gasteiger partial charge in [-0.25, -0.2) is 0 Å². The molecule has 3 aliphatic rings. The maximum absolute atomic E-state index is 12.1. The number of aliphatic hydroxyl groups is 9. The minimum absolute atomic E-state index is 0.657. The van der Waals surface area contributed by atoms with Crippen LogP contribution < -0.4 is 10.6 Å². The van der Waals surface area contributed by atoms with Crippen molar-refractivity contribution in [1.29, 1.82) is 0 Å². The second-order valence-corrected chi connectivity index (χ2v) is 9.81. The van der Waals surface area contributed by atoms with E-state index in [1.807, 2.05) is 0 Å². The first-order chi connectivity index (χ1) is 18.8. The quantitative estimate of drug-likeness (QED) is 0.120. The fourth-order valence-electron chi connectivity index (χ4n) is 4.86. The summed E-state index contributed by atoms with van der Waals surface area (Å²) in [5.41, 5.74) is 0. The third-order valence-electron chi connectivity index (χ3n) is 6.90. The first kappa shape index (κ1) is 32.9. The van der Waals surface area contributed by atoms with Crippen LogP contribution in [0.4, 0.5) is 0 Å². The summed E-state index contributed by atoms with van der Waals surface area (Å²) in [4.78, 5) is 23.9. The Morgan fingerprint density at radius 1 is 0.600 bits per heavy atom. The van der Waals surface area contributed by atoms with Crippen LogP contribution in [0.15, 0.2) is 0 Å². The number of carbonyl (C=O) groups is 2. The summed E-state index contributed by atoms with van der Waals surface area (Å²) in [5, 5.41) is 96.5. The molecule has 0 aromatic carbocycles. The van der Waals surface area contributed by atoms with E-state index in [-0.39, 0.29) is 0 Å². The zero-order valence-corrected chi connectivity index (χ0v) is 21.7. The average molecular weight is 587 g/mol. The van der Waals surface area contributed by atoms with Crippen LogP contribution in [-0.2, 0) is 33.3 Å². The smallest absolute Gasteiger partial charge is 0.217 e. The van der Waals surface area contributed by atoms with Gasteiger partial charge in [0, 0.05) is 13.8 Å². The van der Waals surface area contributed by atoms with Gasteiger partial charge in [-0.1, -0.05) is 0 Å². The molecule has 40 heavy (non-hydrogen) atoms. The molecule has 0 bridgehead atoms. The molecule has 18 nitrogen and oxygen atoms in total. The van der Waals surface area contributed by atoms with E-state index in [9.17, 15) is 55.5 Å². The number of hydrogen-bond donors (Lipinski definition) is 11. The van der Waals surface area contributed by atoms with Crippen molar-refractivity contribution in [2.45, 2.75) is 106 Å². The Hall–Kier alpha value is -1.62. The van der Waals surface area contributed by atoms with Crippen molar-refractivity contribution >= 4 is 11.8 Å². The van der Waals surface area contributed by atoms with Gasteiger partial charge in [0.05, 0.1) is 19.8 Å². The molecule has 3 saturated heterocycles. The van der Waals surface area contributed by atoms with Gasteiger partial charge >= 0.3 is 0 Å². The summed E-state index contributed by atoms with van der Waals surface area (Å²) in [6.07, 6.45) is -21.4. The van der Waals surface area contributed by atoms with Crippen molar-refractivity contribution in [3.05, 3.63) is 0 Å². The lowest BCUT2D eigenvalue weighted by molar-refractivity contribution is -0.357. The molecule has 11 N–H and O–H groups in total. The molecule has 3 rings (SSSR count). The van der Waals surface area contributed by atoms with Crippen LogP contribution in [0.5, 0.6) is 0 Å². The van der Waals surface area contributed by atoms with Crippen molar-refractivity contribution in [3.8, 4) is 0 Å². The lowest BCUT2D eigenvalue weighted by Gasteiger charge is -2.49. The molecule has 0 aromatic rings. The van der Waals surface area contributed by atoms with Crippen LogP contribution >= 0.6 is 0 Å². The van der Waals surface area contributed by atoms with E-state index >= 15 is 0 Å².